The molecule has 0 heterocycles. The number of anilines is 1. The van der Waals surface area contributed by atoms with Crippen LogP contribution >= 0.6 is 11.8 Å². The molecule has 1 aromatic rings. The molecular formula is C10H13NO2S. The lowest BCUT2D eigenvalue weighted by Crippen LogP contribution is -2.03. The normalized spacial score (nSPS) is 9.57. The minimum atomic E-state index is 0.301. The topological polar surface area (TPSA) is 38.3 Å². The van der Waals surface area contributed by atoms with Gasteiger partial charge in [0.1, 0.15) is 12.0 Å². The summed E-state index contributed by atoms with van der Waals surface area (Å²) in [5, 5.41) is 2.96. The Bertz CT molecular complexity index is 315. The predicted octanol–water partition coefficient (Wildman–Crippen LogP) is 2.03. The third-order valence-corrected chi connectivity index (χ3v) is 2.51. The quantitative estimate of drug-likeness (QED) is 0.597. The summed E-state index contributed by atoms with van der Waals surface area (Å²) in [6.07, 6.45) is 2.83. The van der Waals surface area contributed by atoms with Crippen molar-refractivity contribution < 1.29 is 9.53 Å². The van der Waals surface area contributed by atoms with Gasteiger partial charge in [-0.25, -0.2) is 0 Å². The molecule has 0 unspecified atom stereocenters. The second-order valence-corrected chi connectivity index (χ2v) is 3.49. The number of carbonyl (C=O) groups excluding carboxylic acids is 1. The molecule has 0 saturated carbocycles. The Morgan fingerprint density at radius 1 is 1.57 bits per heavy atom. The number of nitrogens with one attached hydrogen (secondary N) is 1. The van der Waals surface area contributed by atoms with Gasteiger partial charge in [0, 0.05) is 4.90 Å². The molecule has 1 aromatic carbocycles. The third kappa shape index (κ3) is 2.67. The fourth-order valence-electron chi connectivity index (χ4n) is 1.10. The van der Waals surface area contributed by atoms with Crippen molar-refractivity contribution in [1.29, 1.82) is 0 Å². The molecule has 0 aliphatic heterocycles. The molecule has 0 aromatic heterocycles. The Kier molecular flexibility index (Phi) is 4.32. The first-order valence-corrected chi connectivity index (χ1v) is 5.44. The van der Waals surface area contributed by atoms with E-state index in [1.165, 1.54) is 0 Å². The highest BCUT2D eigenvalue weighted by Gasteiger charge is 2.02. The lowest BCUT2D eigenvalue weighted by Gasteiger charge is -2.09. The molecule has 0 atom stereocenters. The van der Waals surface area contributed by atoms with E-state index in [1.807, 2.05) is 24.5 Å². The molecule has 76 valence electrons. The van der Waals surface area contributed by atoms with Crippen LogP contribution in [0.1, 0.15) is 0 Å². The van der Waals surface area contributed by atoms with Crippen molar-refractivity contribution in [3.8, 4) is 5.75 Å². The van der Waals surface area contributed by atoms with Crippen LogP contribution in [-0.4, -0.2) is 26.2 Å². The van der Waals surface area contributed by atoms with Crippen molar-refractivity contribution in [2.75, 3.05) is 25.2 Å². The van der Waals surface area contributed by atoms with E-state index in [4.69, 9.17) is 4.74 Å². The van der Waals surface area contributed by atoms with Gasteiger partial charge in [-0.1, -0.05) is 0 Å². The molecule has 0 bridgehead atoms. The zero-order chi connectivity index (χ0) is 10.4. The molecule has 0 saturated heterocycles. The summed E-state index contributed by atoms with van der Waals surface area (Å²) in [7, 11) is 1.62. The van der Waals surface area contributed by atoms with Crippen molar-refractivity contribution in [1.82, 2.24) is 0 Å². The molecule has 3 nitrogen and oxygen atoms in total. The fraction of sp³-hybridized carbons (Fsp3) is 0.300. The van der Waals surface area contributed by atoms with Crippen molar-refractivity contribution in [2.45, 2.75) is 4.90 Å². The van der Waals surface area contributed by atoms with Crippen LogP contribution < -0.4 is 10.1 Å². The van der Waals surface area contributed by atoms with E-state index in [-0.39, 0.29) is 0 Å². The zero-order valence-corrected chi connectivity index (χ0v) is 9.06. The number of rotatable bonds is 5. The Morgan fingerprint density at radius 2 is 2.36 bits per heavy atom. The van der Waals surface area contributed by atoms with Crippen molar-refractivity contribution in [3.63, 3.8) is 0 Å². The van der Waals surface area contributed by atoms with Crippen LogP contribution in [0.2, 0.25) is 0 Å². The Morgan fingerprint density at radius 3 is 2.93 bits per heavy atom. The van der Waals surface area contributed by atoms with Crippen molar-refractivity contribution >= 4 is 23.7 Å². The van der Waals surface area contributed by atoms with Gasteiger partial charge in [-0.3, -0.25) is 0 Å². The molecule has 1 rings (SSSR count). The van der Waals surface area contributed by atoms with Gasteiger partial charge in [0.15, 0.2) is 0 Å². The number of hydrogen-bond acceptors (Lipinski definition) is 4. The van der Waals surface area contributed by atoms with Crippen LogP contribution in [0.5, 0.6) is 5.75 Å². The van der Waals surface area contributed by atoms with Gasteiger partial charge in [-0.05, 0) is 24.5 Å². The van der Waals surface area contributed by atoms with Crippen LogP contribution in [0.3, 0.4) is 0 Å². The third-order valence-electron chi connectivity index (χ3n) is 1.78. The highest BCUT2D eigenvalue weighted by Crippen LogP contribution is 2.28. The zero-order valence-electron chi connectivity index (χ0n) is 8.24. The first-order valence-electron chi connectivity index (χ1n) is 4.21. The number of aldehydes is 1. The van der Waals surface area contributed by atoms with Gasteiger partial charge < -0.3 is 14.8 Å². The molecule has 0 amide bonds. The van der Waals surface area contributed by atoms with Crippen LogP contribution in [0.15, 0.2) is 23.1 Å². The number of hydrogen-bond donors (Lipinski definition) is 1. The lowest BCUT2D eigenvalue weighted by molar-refractivity contribution is -0.106. The van der Waals surface area contributed by atoms with E-state index in [2.05, 4.69) is 5.32 Å². The molecule has 14 heavy (non-hydrogen) atoms. The monoisotopic (exact) mass is 211 g/mol. The molecule has 0 spiro atoms. The highest BCUT2D eigenvalue weighted by molar-refractivity contribution is 7.98. The maximum absolute atomic E-state index is 10.2. The average molecular weight is 211 g/mol. The fourth-order valence-corrected chi connectivity index (χ4v) is 1.53. The van der Waals surface area contributed by atoms with E-state index in [1.54, 1.807) is 18.9 Å². The SMILES string of the molecule is COc1cc(SC)ccc1NCC=O. The maximum atomic E-state index is 10.2. The lowest BCUT2D eigenvalue weighted by atomic mass is 10.3. The van der Waals surface area contributed by atoms with Gasteiger partial charge in [0.05, 0.1) is 19.3 Å². The summed E-state index contributed by atoms with van der Waals surface area (Å²) in [5.74, 6) is 0.763. The summed E-state index contributed by atoms with van der Waals surface area (Å²) in [4.78, 5) is 11.3. The van der Waals surface area contributed by atoms with Crippen LogP contribution in [0.4, 0.5) is 5.69 Å². The number of thioether (sulfide) groups is 1. The number of methoxy groups -OCH3 is 1. The summed E-state index contributed by atoms with van der Waals surface area (Å²) in [5.41, 5.74) is 0.845. The maximum Gasteiger partial charge on any atom is 0.143 e. The summed E-state index contributed by atoms with van der Waals surface area (Å²) in [6.45, 7) is 0.301. The summed E-state index contributed by atoms with van der Waals surface area (Å²) >= 11 is 1.65. The van der Waals surface area contributed by atoms with Gasteiger partial charge in [0.2, 0.25) is 0 Å². The van der Waals surface area contributed by atoms with E-state index in [0.29, 0.717) is 6.54 Å². The number of ether oxygens (including phenoxy) is 1. The second kappa shape index (κ2) is 5.54. The smallest absolute Gasteiger partial charge is 0.143 e. The molecule has 0 radical (unpaired) electrons. The molecule has 0 fully saturated rings. The Labute approximate surface area is 87.8 Å². The van der Waals surface area contributed by atoms with Crippen LogP contribution in [0, 0.1) is 0 Å². The van der Waals surface area contributed by atoms with E-state index in [0.717, 1.165) is 22.6 Å². The van der Waals surface area contributed by atoms with E-state index in [9.17, 15) is 4.79 Å². The van der Waals surface area contributed by atoms with Crippen molar-refractivity contribution in [3.05, 3.63) is 18.2 Å². The van der Waals surface area contributed by atoms with Gasteiger partial charge in [0.25, 0.3) is 0 Å². The molecule has 4 heteroatoms. The van der Waals surface area contributed by atoms with Gasteiger partial charge >= 0.3 is 0 Å². The molecule has 0 aliphatic rings. The minimum absolute atomic E-state index is 0.301. The highest BCUT2D eigenvalue weighted by atomic mass is 32.2. The minimum Gasteiger partial charge on any atom is -0.495 e. The second-order valence-electron chi connectivity index (χ2n) is 2.61. The van der Waals surface area contributed by atoms with Gasteiger partial charge in [-0.15, -0.1) is 11.8 Å². The first-order chi connectivity index (χ1) is 6.81. The summed E-state index contributed by atoms with van der Waals surface area (Å²) in [6, 6.07) is 5.84. The van der Waals surface area contributed by atoms with Crippen LogP contribution in [-0.2, 0) is 4.79 Å². The Hall–Kier alpha value is -1.16. The largest absolute Gasteiger partial charge is 0.495 e. The first kappa shape index (κ1) is 10.9. The van der Waals surface area contributed by atoms with E-state index >= 15 is 0 Å². The molecule has 0 aliphatic carbocycles. The van der Waals surface area contributed by atoms with Crippen molar-refractivity contribution in [2.24, 2.45) is 0 Å². The number of carbonyl (C=O) groups is 1. The molecule has 1 N–H and O–H groups in total. The number of benzene rings is 1. The van der Waals surface area contributed by atoms with E-state index < -0.39 is 0 Å². The standard InChI is InChI=1S/C10H13NO2S/c1-13-10-7-8(14-2)3-4-9(10)11-5-6-12/h3-4,6-7,11H,5H2,1-2H3. The van der Waals surface area contributed by atoms with Gasteiger partial charge in [-0.2, -0.15) is 0 Å². The van der Waals surface area contributed by atoms with Crippen LogP contribution in [0.25, 0.3) is 0 Å². The Balaban J connectivity index is 2.87. The summed E-state index contributed by atoms with van der Waals surface area (Å²) < 4.78 is 5.19. The average Bonchev–Trinajstić information content (AvgIpc) is 2.26. The molecular weight excluding hydrogens is 198 g/mol. The predicted molar refractivity (Wildman–Crippen MR) is 59.3 cm³/mol.